The van der Waals surface area contributed by atoms with Crippen LogP contribution in [0.1, 0.15) is 348 Å². The van der Waals surface area contributed by atoms with E-state index in [2.05, 4.69) is 81.5 Å². The summed E-state index contributed by atoms with van der Waals surface area (Å²) in [6, 6.07) is 0. The summed E-state index contributed by atoms with van der Waals surface area (Å²) in [7, 11) is 0. The number of allylic oxidation sites excluding steroid dienone is 10. The molecule has 0 saturated carbocycles. The third kappa shape index (κ3) is 62.0. The van der Waals surface area contributed by atoms with E-state index in [4.69, 9.17) is 14.2 Å². The van der Waals surface area contributed by atoms with E-state index in [1.807, 2.05) is 0 Å². The van der Waals surface area contributed by atoms with Crippen LogP contribution in [0, 0.1) is 0 Å². The molecule has 0 saturated heterocycles. The second-order valence-corrected chi connectivity index (χ2v) is 22.4. The highest BCUT2D eigenvalue weighted by molar-refractivity contribution is 5.71. The zero-order chi connectivity index (χ0) is 55.0. The van der Waals surface area contributed by atoms with E-state index in [0.717, 1.165) is 83.5 Å². The molecule has 0 heterocycles. The Labute approximate surface area is 472 Å². The lowest BCUT2D eigenvalue weighted by Gasteiger charge is -2.18. The van der Waals surface area contributed by atoms with Gasteiger partial charge in [-0.05, 0) is 83.5 Å². The van der Waals surface area contributed by atoms with Crippen LogP contribution in [0.2, 0.25) is 0 Å². The molecule has 1 unspecified atom stereocenters. The van der Waals surface area contributed by atoms with Gasteiger partial charge in [0, 0.05) is 19.3 Å². The van der Waals surface area contributed by atoms with Crippen molar-refractivity contribution in [2.75, 3.05) is 13.2 Å². The van der Waals surface area contributed by atoms with Gasteiger partial charge in [-0.25, -0.2) is 0 Å². The fourth-order valence-electron chi connectivity index (χ4n) is 9.79. The predicted molar refractivity (Wildman–Crippen MR) is 330 cm³/mol. The normalized spacial score (nSPS) is 12.4. The largest absolute Gasteiger partial charge is 0.462 e. The van der Waals surface area contributed by atoms with Crippen LogP contribution in [0.4, 0.5) is 0 Å². The summed E-state index contributed by atoms with van der Waals surface area (Å²) in [6.07, 6.45) is 82.6. The van der Waals surface area contributed by atoms with Crippen molar-refractivity contribution in [1.29, 1.82) is 0 Å². The van der Waals surface area contributed by atoms with E-state index < -0.39 is 6.10 Å². The summed E-state index contributed by atoms with van der Waals surface area (Å²) in [6.45, 7) is 6.51. The molecule has 0 N–H and O–H groups in total. The quantitative estimate of drug-likeness (QED) is 0.0261. The molecule has 6 heteroatoms. The molecule has 0 radical (unpaired) electrons. The van der Waals surface area contributed by atoms with Crippen molar-refractivity contribution < 1.29 is 28.6 Å². The van der Waals surface area contributed by atoms with Gasteiger partial charge in [-0.3, -0.25) is 14.4 Å². The highest BCUT2D eigenvalue weighted by Gasteiger charge is 2.19. The van der Waals surface area contributed by atoms with Gasteiger partial charge in [0.1, 0.15) is 13.2 Å². The molecule has 0 rings (SSSR count). The Morgan fingerprint density at radius 1 is 0.276 bits per heavy atom. The van der Waals surface area contributed by atoms with E-state index in [1.54, 1.807) is 0 Å². The number of ether oxygens (including phenoxy) is 3. The van der Waals surface area contributed by atoms with Crippen LogP contribution in [0.5, 0.6) is 0 Å². The summed E-state index contributed by atoms with van der Waals surface area (Å²) < 4.78 is 16.9. The molecule has 0 aliphatic rings. The van der Waals surface area contributed by atoms with Crippen molar-refractivity contribution in [2.24, 2.45) is 0 Å². The van der Waals surface area contributed by atoms with Gasteiger partial charge >= 0.3 is 17.9 Å². The van der Waals surface area contributed by atoms with E-state index in [0.29, 0.717) is 19.3 Å². The fourth-order valence-corrected chi connectivity index (χ4v) is 9.79. The van der Waals surface area contributed by atoms with Crippen molar-refractivity contribution in [2.45, 2.75) is 354 Å². The highest BCUT2D eigenvalue weighted by Crippen LogP contribution is 2.18. The molecule has 0 bridgehead atoms. The summed E-state index contributed by atoms with van der Waals surface area (Å²) in [5, 5.41) is 0. The molecule has 0 aliphatic carbocycles. The Bertz CT molecular complexity index is 1360. The zero-order valence-corrected chi connectivity index (χ0v) is 50.8. The monoisotopic (exact) mass is 1060 g/mol. The average molecular weight is 1060 g/mol. The van der Waals surface area contributed by atoms with Crippen LogP contribution in [0.25, 0.3) is 0 Å². The summed E-state index contributed by atoms with van der Waals surface area (Å²) in [4.78, 5) is 38.2. The van der Waals surface area contributed by atoms with Crippen molar-refractivity contribution in [3.8, 4) is 0 Å². The van der Waals surface area contributed by atoms with Crippen molar-refractivity contribution in [1.82, 2.24) is 0 Å². The smallest absolute Gasteiger partial charge is 0.306 e. The molecule has 76 heavy (non-hydrogen) atoms. The Hall–Kier alpha value is -2.89. The first-order chi connectivity index (χ1) is 37.5. The average Bonchev–Trinajstić information content (AvgIpc) is 3.42. The van der Waals surface area contributed by atoms with Gasteiger partial charge in [0.15, 0.2) is 6.10 Å². The minimum Gasteiger partial charge on any atom is -0.462 e. The molecule has 0 aliphatic heterocycles. The van der Waals surface area contributed by atoms with Gasteiger partial charge < -0.3 is 14.2 Å². The van der Waals surface area contributed by atoms with Crippen LogP contribution in [-0.2, 0) is 28.6 Å². The minimum absolute atomic E-state index is 0.0907. The summed E-state index contributed by atoms with van der Waals surface area (Å²) >= 11 is 0. The number of carbonyl (C=O) groups excluding carboxylic acids is 3. The molecule has 0 aromatic rings. The Morgan fingerprint density at radius 2 is 0.513 bits per heavy atom. The van der Waals surface area contributed by atoms with E-state index in [9.17, 15) is 14.4 Å². The second kappa shape index (κ2) is 64.6. The number of carbonyl (C=O) groups is 3. The summed E-state index contributed by atoms with van der Waals surface area (Å²) in [5.74, 6) is -0.926. The van der Waals surface area contributed by atoms with Crippen LogP contribution in [0.3, 0.4) is 0 Å². The van der Waals surface area contributed by atoms with Crippen molar-refractivity contribution >= 4 is 17.9 Å². The Kier molecular flexibility index (Phi) is 62.2. The maximum atomic E-state index is 12.9. The van der Waals surface area contributed by atoms with E-state index in [1.165, 1.54) is 218 Å². The van der Waals surface area contributed by atoms with Gasteiger partial charge in [-0.2, -0.15) is 0 Å². The van der Waals surface area contributed by atoms with Crippen LogP contribution < -0.4 is 0 Å². The van der Waals surface area contributed by atoms with Crippen molar-refractivity contribution in [3.05, 3.63) is 60.8 Å². The predicted octanol–water partition coefficient (Wildman–Crippen LogP) is 22.7. The lowest BCUT2D eigenvalue weighted by Crippen LogP contribution is -2.30. The Morgan fingerprint density at radius 3 is 0.855 bits per heavy atom. The van der Waals surface area contributed by atoms with Crippen molar-refractivity contribution in [3.63, 3.8) is 0 Å². The van der Waals surface area contributed by atoms with Crippen LogP contribution in [-0.4, -0.2) is 37.2 Å². The first-order valence-electron chi connectivity index (χ1n) is 33.3. The molecule has 0 amide bonds. The second-order valence-electron chi connectivity index (χ2n) is 22.4. The van der Waals surface area contributed by atoms with E-state index >= 15 is 0 Å². The van der Waals surface area contributed by atoms with Crippen LogP contribution >= 0.6 is 0 Å². The topological polar surface area (TPSA) is 78.9 Å². The Balaban J connectivity index is 4.17. The molecule has 0 spiro atoms. The molecule has 0 aromatic carbocycles. The number of esters is 3. The lowest BCUT2D eigenvalue weighted by molar-refractivity contribution is -0.167. The van der Waals surface area contributed by atoms with E-state index in [-0.39, 0.29) is 37.5 Å². The molecular weight excluding hydrogens is 937 g/mol. The third-order valence-corrected chi connectivity index (χ3v) is 14.8. The number of rotatable bonds is 61. The standard InChI is InChI=1S/C70H126O6/c1-4-7-10-13-16-19-22-25-27-28-29-30-31-32-33-34-35-36-37-38-39-40-41-43-45-48-51-54-57-60-63-69(72)75-66-67(65-74-68(71)62-59-56-53-50-47-44-24-21-18-15-12-9-6-3)76-70(73)64-61-58-55-52-49-46-42-26-23-20-17-14-11-8-5-2/h8,11,17,20-21,24,26,42,49,52,67H,4-7,9-10,12-16,18-19,22-23,25,27-41,43-48,50-51,53-66H2,1-3H3/b11-8-,20-17-,24-21-,42-26-,52-49-. The molecule has 0 fully saturated rings. The first-order valence-corrected chi connectivity index (χ1v) is 33.3. The molecule has 0 aromatic heterocycles. The molecule has 6 nitrogen and oxygen atoms in total. The third-order valence-electron chi connectivity index (χ3n) is 14.8. The SMILES string of the molecule is CC/C=C\C/C=C\C/C=C\C/C=C\CCCCC(=O)OC(COC(=O)CCCCCCC/C=C\CCCCCC)COC(=O)CCCCCCCCCCCCCCCCCCCCCCCCCCCCCCCC. The van der Waals surface area contributed by atoms with Crippen LogP contribution in [0.15, 0.2) is 60.8 Å². The summed E-state index contributed by atoms with van der Waals surface area (Å²) in [5.41, 5.74) is 0. The number of unbranched alkanes of at least 4 members (excludes halogenated alkanes) is 40. The zero-order valence-electron chi connectivity index (χ0n) is 50.8. The first kappa shape index (κ1) is 73.1. The number of hydrogen-bond donors (Lipinski definition) is 0. The van der Waals surface area contributed by atoms with Gasteiger partial charge in [0.25, 0.3) is 0 Å². The number of hydrogen-bond acceptors (Lipinski definition) is 6. The molecule has 442 valence electrons. The highest BCUT2D eigenvalue weighted by atomic mass is 16.6. The van der Waals surface area contributed by atoms with Gasteiger partial charge in [0.2, 0.25) is 0 Å². The minimum atomic E-state index is -0.798. The van der Waals surface area contributed by atoms with Gasteiger partial charge in [0.05, 0.1) is 0 Å². The van der Waals surface area contributed by atoms with Gasteiger partial charge in [-0.1, -0.05) is 306 Å². The molecular formula is C70H126O6. The maximum Gasteiger partial charge on any atom is 0.306 e. The maximum absolute atomic E-state index is 12.9. The lowest BCUT2D eigenvalue weighted by atomic mass is 10.0. The van der Waals surface area contributed by atoms with Gasteiger partial charge in [-0.15, -0.1) is 0 Å². The fraction of sp³-hybridized carbons (Fsp3) is 0.814. The molecule has 1 atom stereocenters.